The Morgan fingerprint density at radius 1 is 0.660 bits per heavy atom. The fourth-order valence-corrected chi connectivity index (χ4v) is 4.38. The normalized spacial score (nSPS) is 11.2. The van der Waals surface area contributed by atoms with Crippen LogP contribution in [0, 0.1) is 35.5 Å². The second-order valence-electron chi connectivity index (χ2n) is 15.8. The van der Waals surface area contributed by atoms with Crippen LogP contribution in [0.2, 0.25) is 0 Å². The molecule has 0 aliphatic heterocycles. The maximum atomic E-state index is 12.2. The molecule has 0 fully saturated rings. The van der Waals surface area contributed by atoms with Crippen molar-refractivity contribution >= 4 is 33.6 Å². The average molecular weight is 679 g/mol. The van der Waals surface area contributed by atoms with Crippen molar-refractivity contribution in [2.75, 3.05) is 0 Å². The van der Waals surface area contributed by atoms with Gasteiger partial charge in [-0.3, -0.25) is 9.59 Å². The van der Waals surface area contributed by atoms with Crippen LogP contribution in [0.5, 0.6) is 0 Å². The van der Waals surface area contributed by atoms with Crippen LogP contribution in [-0.4, -0.2) is 31.8 Å². The van der Waals surface area contributed by atoms with Gasteiger partial charge in [-0.15, -0.1) is 12.8 Å². The molecule has 0 saturated heterocycles. The summed E-state index contributed by atoms with van der Waals surface area (Å²) in [4.78, 5) is 40.1. The zero-order valence-corrected chi connectivity index (χ0v) is 32.2. The first-order valence-corrected chi connectivity index (χ1v) is 17.3. The molecule has 0 aliphatic rings. The quantitative estimate of drug-likeness (QED) is 0.134. The van der Waals surface area contributed by atoms with Gasteiger partial charge in [0.1, 0.15) is 11.6 Å². The minimum Gasteiger partial charge on any atom is -0.348 e. The number of nitrogens with one attached hydrogen (secondary N) is 4. The maximum absolute atomic E-state index is 12.2. The van der Waals surface area contributed by atoms with Crippen LogP contribution >= 0.6 is 0 Å². The molecule has 0 aliphatic carbocycles. The molecule has 5 aromatic rings. The third-order valence-electron chi connectivity index (χ3n) is 6.84. The van der Waals surface area contributed by atoms with Crippen LogP contribution in [0.1, 0.15) is 94.7 Å². The summed E-state index contributed by atoms with van der Waals surface area (Å²) in [5.74, 6) is 3.10. The highest BCUT2D eigenvalue weighted by Crippen LogP contribution is 2.29. The zero-order valence-electron chi connectivity index (χ0n) is 32.2. The lowest BCUT2D eigenvalue weighted by Crippen LogP contribution is -2.34. The summed E-state index contributed by atoms with van der Waals surface area (Å²) in [7, 11) is 0. The molecule has 5 rings (SSSR count). The zero-order chi connectivity index (χ0) is 37.8. The Hall–Kier alpha value is -4.90. The van der Waals surface area contributed by atoms with Crippen molar-refractivity contribution in [2.45, 2.75) is 96.2 Å². The average Bonchev–Trinajstić information content (AvgIpc) is 3.68. The molecule has 2 amide bonds. The molecule has 3 aromatic carbocycles. The topological polar surface area (TPSA) is 116 Å². The molecule has 0 spiro atoms. The van der Waals surface area contributed by atoms with Crippen molar-refractivity contribution in [1.29, 1.82) is 0 Å². The molecule has 2 heterocycles. The van der Waals surface area contributed by atoms with Gasteiger partial charge in [0, 0.05) is 16.4 Å². The molecule has 0 atom stereocenters. The van der Waals surface area contributed by atoms with Gasteiger partial charge in [-0.2, -0.15) is 0 Å². The molecule has 8 nitrogen and oxygen atoms in total. The number of amides is 2. The second-order valence-corrected chi connectivity index (χ2v) is 15.8. The van der Waals surface area contributed by atoms with Gasteiger partial charge in [0.05, 0.1) is 36.0 Å². The van der Waals surface area contributed by atoms with Crippen molar-refractivity contribution in [3.05, 3.63) is 72.4 Å². The number of benzene rings is 3. The van der Waals surface area contributed by atoms with Crippen LogP contribution in [0.4, 0.5) is 0 Å². The van der Waals surface area contributed by atoms with Crippen LogP contribution in [0.25, 0.3) is 44.2 Å². The van der Waals surface area contributed by atoms with Crippen LogP contribution in [0.3, 0.4) is 0 Å². The van der Waals surface area contributed by atoms with Crippen molar-refractivity contribution in [3.63, 3.8) is 0 Å². The molecule has 0 unspecified atom stereocenters. The minimum absolute atomic E-state index is 0.00877. The van der Waals surface area contributed by atoms with Crippen molar-refractivity contribution < 1.29 is 9.59 Å². The van der Waals surface area contributed by atoms with Gasteiger partial charge in [-0.05, 0) is 58.0 Å². The lowest BCUT2D eigenvalue weighted by atomic mass is 9.96. The fourth-order valence-electron chi connectivity index (χ4n) is 4.38. The first kappa shape index (κ1) is 41.3. The SMILES string of the molecule is C#C.CC(C)(C)C(=O)NCc1ncc(-c2ccc3cc(-c4ccc5nc(CNC(=O)C(C)(C)C)[nH]c5c4)ccc3c2)[nH]1.CC(C)C.CC(C)C. The number of carbonyl (C=O) groups is 2. The van der Waals surface area contributed by atoms with Gasteiger partial charge in [0.15, 0.2) is 0 Å². The van der Waals surface area contributed by atoms with Gasteiger partial charge in [0.25, 0.3) is 0 Å². The fraction of sp³-hybridized carbons (Fsp3) is 0.429. The number of imidazole rings is 2. The Bertz CT molecular complexity index is 1850. The predicted octanol–water partition coefficient (Wildman–Crippen LogP) is 9.67. The summed E-state index contributed by atoms with van der Waals surface area (Å²) >= 11 is 0. The van der Waals surface area contributed by atoms with Gasteiger partial charge in [-0.1, -0.05) is 113 Å². The van der Waals surface area contributed by atoms with E-state index in [1.54, 1.807) is 6.20 Å². The lowest BCUT2D eigenvalue weighted by Gasteiger charge is -2.16. The van der Waals surface area contributed by atoms with Gasteiger partial charge >= 0.3 is 0 Å². The maximum Gasteiger partial charge on any atom is 0.225 e. The van der Waals surface area contributed by atoms with Crippen LogP contribution in [-0.2, 0) is 22.7 Å². The molecule has 2 aromatic heterocycles. The van der Waals surface area contributed by atoms with E-state index in [4.69, 9.17) is 0 Å². The number of rotatable bonds is 6. The summed E-state index contributed by atoms with van der Waals surface area (Å²) in [5, 5.41) is 8.13. The summed E-state index contributed by atoms with van der Waals surface area (Å²) in [5.41, 5.74) is 5.05. The third kappa shape index (κ3) is 12.9. The molecule has 0 bridgehead atoms. The van der Waals surface area contributed by atoms with Crippen LogP contribution < -0.4 is 10.6 Å². The molecule has 0 radical (unpaired) electrons. The van der Waals surface area contributed by atoms with E-state index < -0.39 is 10.8 Å². The van der Waals surface area contributed by atoms with Crippen LogP contribution in [0.15, 0.2) is 60.8 Å². The minimum atomic E-state index is -0.442. The number of fused-ring (bicyclic) bond motifs is 2. The van der Waals surface area contributed by atoms with Gasteiger partial charge in [-0.25, -0.2) is 9.97 Å². The number of hydrogen-bond acceptors (Lipinski definition) is 4. The van der Waals surface area contributed by atoms with E-state index in [0.717, 1.165) is 67.7 Å². The Balaban J connectivity index is 0.000000774. The lowest BCUT2D eigenvalue weighted by molar-refractivity contribution is -0.129. The van der Waals surface area contributed by atoms with Gasteiger partial charge in [0.2, 0.25) is 11.8 Å². The summed E-state index contributed by atoms with van der Waals surface area (Å²) in [6.45, 7) is 25.1. The van der Waals surface area contributed by atoms with E-state index in [0.29, 0.717) is 13.1 Å². The Morgan fingerprint density at radius 2 is 1.10 bits per heavy atom. The van der Waals surface area contributed by atoms with Gasteiger partial charge < -0.3 is 20.6 Å². The van der Waals surface area contributed by atoms with E-state index >= 15 is 0 Å². The smallest absolute Gasteiger partial charge is 0.225 e. The number of aromatic nitrogens is 4. The predicted molar refractivity (Wildman–Crippen MR) is 210 cm³/mol. The molecular weight excluding hydrogens is 621 g/mol. The van der Waals surface area contributed by atoms with Crippen molar-refractivity contribution in [1.82, 2.24) is 30.6 Å². The second kappa shape index (κ2) is 18.2. The molecule has 4 N–H and O–H groups in total. The summed E-state index contributed by atoms with van der Waals surface area (Å²) in [6.07, 6.45) is 9.80. The molecule has 268 valence electrons. The highest BCUT2D eigenvalue weighted by molar-refractivity contribution is 5.92. The Kier molecular flexibility index (Phi) is 15.0. The largest absolute Gasteiger partial charge is 0.348 e. The first-order chi connectivity index (χ1) is 23.3. The number of nitrogens with zero attached hydrogens (tertiary/aromatic N) is 2. The van der Waals surface area contributed by atoms with E-state index in [2.05, 4.69) is 133 Å². The third-order valence-corrected chi connectivity index (χ3v) is 6.84. The molecule has 50 heavy (non-hydrogen) atoms. The number of aromatic amines is 2. The number of hydrogen-bond donors (Lipinski definition) is 4. The van der Waals surface area contributed by atoms with E-state index in [1.807, 2.05) is 47.6 Å². The highest BCUT2D eigenvalue weighted by Gasteiger charge is 2.22. The molecular formula is C42H58N6O2. The van der Waals surface area contributed by atoms with E-state index in [9.17, 15) is 9.59 Å². The van der Waals surface area contributed by atoms with E-state index in [1.165, 1.54) is 0 Å². The number of terminal acetylenes is 1. The first-order valence-electron chi connectivity index (χ1n) is 17.3. The molecule has 0 saturated carbocycles. The van der Waals surface area contributed by atoms with E-state index in [-0.39, 0.29) is 11.8 Å². The molecule has 8 heteroatoms. The summed E-state index contributed by atoms with van der Waals surface area (Å²) in [6, 6.07) is 18.9. The van der Waals surface area contributed by atoms with Crippen molar-refractivity contribution in [2.24, 2.45) is 22.7 Å². The number of carbonyl (C=O) groups excluding carboxylic acids is 2. The van der Waals surface area contributed by atoms with Crippen molar-refractivity contribution in [3.8, 4) is 35.2 Å². The number of H-pyrrole nitrogens is 2. The summed E-state index contributed by atoms with van der Waals surface area (Å²) < 4.78 is 0. The highest BCUT2D eigenvalue weighted by atomic mass is 16.2. The monoisotopic (exact) mass is 678 g/mol. The standard InChI is InChI=1S/C32H36N6O2.2C4H10.C2H2/c1-31(2,3)29(39)34-17-27-33-16-26(38-27)23-10-9-19-13-20(7-8-21(19)14-23)22-11-12-24-25(15-22)37-28(36-24)18-35-30(40)32(4,5)6;2*1-4(2)3;1-2/h7-16H,17-18H2,1-6H3,(H,33,38)(H,34,39)(H,35,40)(H,36,37);2*4H,1-3H3;1-2H. The Labute approximate surface area is 299 Å². The Morgan fingerprint density at radius 3 is 1.62 bits per heavy atom.